The first-order valence-electron chi connectivity index (χ1n) is 7.11. The molecule has 1 N–H and O–H groups in total. The molecule has 1 aromatic rings. The molecule has 0 saturated heterocycles. The maximum Gasteiger partial charge on any atom is 0.128 e. The third-order valence-corrected chi connectivity index (χ3v) is 2.92. The van der Waals surface area contributed by atoms with E-state index in [0.29, 0.717) is 18.1 Å². The number of rotatable bonds is 9. The summed E-state index contributed by atoms with van der Waals surface area (Å²) in [5.41, 5.74) is 1.67. The van der Waals surface area contributed by atoms with E-state index in [9.17, 15) is 4.39 Å². The lowest BCUT2D eigenvalue weighted by atomic mass is 10.1. The van der Waals surface area contributed by atoms with Gasteiger partial charge in [-0.3, -0.25) is 0 Å². The molecule has 0 spiro atoms. The topological polar surface area (TPSA) is 30.5 Å². The van der Waals surface area contributed by atoms with Crippen molar-refractivity contribution < 1.29 is 13.9 Å². The molecule has 0 heterocycles. The predicted octanol–water partition coefficient (Wildman–Crippen LogP) is 3.12. The van der Waals surface area contributed by atoms with Crippen LogP contribution in [0.15, 0.2) is 18.2 Å². The Labute approximate surface area is 121 Å². The van der Waals surface area contributed by atoms with Crippen LogP contribution in [0.2, 0.25) is 0 Å². The Morgan fingerprint density at radius 2 is 2.00 bits per heavy atom. The predicted molar refractivity (Wildman–Crippen MR) is 79.1 cm³/mol. The van der Waals surface area contributed by atoms with E-state index in [2.05, 4.69) is 19.2 Å². The Kier molecular flexibility index (Phi) is 7.73. The molecule has 1 atom stereocenters. The first-order valence-corrected chi connectivity index (χ1v) is 7.11. The zero-order chi connectivity index (χ0) is 15.0. The number of methoxy groups -OCH3 is 1. The summed E-state index contributed by atoms with van der Waals surface area (Å²) in [6.07, 6.45) is -0.0397. The molecule has 1 unspecified atom stereocenters. The summed E-state index contributed by atoms with van der Waals surface area (Å²) in [6.45, 7) is 8.72. The van der Waals surface area contributed by atoms with Gasteiger partial charge in [-0.05, 0) is 37.1 Å². The number of nitrogens with one attached hydrogen (secondary N) is 1. The van der Waals surface area contributed by atoms with E-state index in [1.807, 2.05) is 19.1 Å². The average Bonchev–Trinajstić information content (AvgIpc) is 2.39. The second kappa shape index (κ2) is 9.06. The maximum absolute atomic E-state index is 13.7. The SMILES string of the molecule is COCC(C)OCc1cc(CNCC(C)C)ccc1F. The number of hydrogen-bond donors (Lipinski definition) is 1. The summed E-state index contributed by atoms with van der Waals surface area (Å²) in [6, 6.07) is 5.18. The highest BCUT2D eigenvalue weighted by molar-refractivity contribution is 5.24. The van der Waals surface area contributed by atoms with Gasteiger partial charge in [0.25, 0.3) is 0 Å². The van der Waals surface area contributed by atoms with E-state index in [4.69, 9.17) is 9.47 Å². The fourth-order valence-corrected chi connectivity index (χ4v) is 1.87. The van der Waals surface area contributed by atoms with E-state index in [-0.39, 0.29) is 18.5 Å². The molecule has 0 aliphatic carbocycles. The highest BCUT2D eigenvalue weighted by atomic mass is 19.1. The van der Waals surface area contributed by atoms with E-state index in [0.717, 1.165) is 18.7 Å². The maximum atomic E-state index is 13.7. The molecule has 1 aromatic carbocycles. The van der Waals surface area contributed by atoms with Gasteiger partial charge in [-0.25, -0.2) is 4.39 Å². The molecule has 0 bridgehead atoms. The molecule has 4 heteroatoms. The third kappa shape index (κ3) is 6.46. The van der Waals surface area contributed by atoms with Crippen LogP contribution >= 0.6 is 0 Å². The molecular weight excluding hydrogens is 257 g/mol. The minimum Gasteiger partial charge on any atom is -0.382 e. The van der Waals surface area contributed by atoms with E-state index >= 15 is 0 Å². The lowest BCUT2D eigenvalue weighted by molar-refractivity contribution is -0.00112. The van der Waals surface area contributed by atoms with Crippen molar-refractivity contribution in [2.75, 3.05) is 20.3 Å². The fourth-order valence-electron chi connectivity index (χ4n) is 1.87. The number of hydrogen-bond acceptors (Lipinski definition) is 3. The van der Waals surface area contributed by atoms with Gasteiger partial charge < -0.3 is 14.8 Å². The molecule has 0 amide bonds. The molecule has 3 nitrogen and oxygen atoms in total. The molecule has 0 aromatic heterocycles. The lowest BCUT2D eigenvalue weighted by Gasteiger charge is -2.13. The molecule has 20 heavy (non-hydrogen) atoms. The Balaban J connectivity index is 2.53. The monoisotopic (exact) mass is 283 g/mol. The molecule has 0 radical (unpaired) electrons. The summed E-state index contributed by atoms with van der Waals surface area (Å²) in [7, 11) is 1.63. The van der Waals surface area contributed by atoms with Crippen LogP contribution in [-0.2, 0) is 22.6 Å². The summed E-state index contributed by atoms with van der Waals surface area (Å²) < 4.78 is 24.3. The van der Waals surface area contributed by atoms with Crippen molar-refractivity contribution in [3.63, 3.8) is 0 Å². The Bertz CT molecular complexity index is 396. The Morgan fingerprint density at radius 1 is 1.25 bits per heavy atom. The zero-order valence-corrected chi connectivity index (χ0v) is 12.9. The largest absolute Gasteiger partial charge is 0.382 e. The summed E-state index contributed by atoms with van der Waals surface area (Å²) in [5.74, 6) is 0.385. The summed E-state index contributed by atoms with van der Waals surface area (Å²) >= 11 is 0. The Hall–Kier alpha value is -0.970. The van der Waals surface area contributed by atoms with E-state index in [1.54, 1.807) is 7.11 Å². The standard InChI is InChI=1S/C16H26FNO2/c1-12(2)8-18-9-14-5-6-16(17)15(7-14)11-20-13(3)10-19-4/h5-7,12-13,18H,8-11H2,1-4H3. The first kappa shape index (κ1) is 17.1. The molecule has 0 fully saturated rings. The minimum absolute atomic E-state index is 0.0397. The summed E-state index contributed by atoms with van der Waals surface area (Å²) in [5, 5.41) is 3.35. The van der Waals surface area contributed by atoms with Crippen LogP contribution in [0, 0.1) is 11.7 Å². The van der Waals surface area contributed by atoms with Crippen LogP contribution in [0.3, 0.4) is 0 Å². The van der Waals surface area contributed by atoms with E-state index in [1.165, 1.54) is 6.07 Å². The van der Waals surface area contributed by atoms with Crippen molar-refractivity contribution in [3.05, 3.63) is 35.1 Å². The lowest BCUT2D eigenvalue weighted by Crippen LogP contribution is -2.19. The second-order valence-corrected chi connectivity index (χ2v) is 5.53. The van der Waals surface area contributed by atoms with Crippen molar-refractivity contribution in [3.8, 4) is 0 Å². The highest BCUT2D eigenvalue weighted by Crippen LogP contribution is 2.13. The van der Waals surface area contributed by atoms with Crippen LogP contribution in [0.1, 0.15) is 31.9 Å². The van der Waals surface area contributed by atoms with Crippen LogP contribution in [0.5, 0.6) is 0 Å². The van der Waals surface area contributed by atoms with Gasteiger partial charge in [-0.2, -0.15) is 0 Å². The molecule has 114 valence electrons. The average molecular weight is 283 g/mol. The van der Waals surface area contributed by atoms with Crippen molar-refractivity contribution in [1.29, 1.82) is 0 Å². The highest BCUT2D eigenvalue weighted by Gasteiger charge is 2.07. The smallest absolute Gasteiger partial charge is 0.128 e. The fraction of sp³-hybridized carbons (Fsp3) is 0.625. The number of benzene rings is 1. The molecule has 0 aliphatic heterocycles. The quantitative estimate of drug-likeness (QED) is 0.755. The van der Waals surface area contributed by atoms with Crippen molar-refractivity contribution in [2.45, 2.75) is 40.0 Å². The van der Waals surface area contributed by atoms with Crippen molar-refractivity contribution >= 4 is 0 Å². The van der Waals surface area contributed by atoms with Gasteiger partial charge in [0.2, 0.25) is 0 Å². The van der Waals surface area contributed by atoms with Gasteiger partial charge in [0.15, 0.2) is 0 Å². The normalized spacial score (nSPS) is 12.9. The van der Waals surface area contributed by atoms with Crippen LogP contribution < -0.4 is 5.32 Å². The first-order chi connectivity index (χ1) is 9.52. The van der Waals surface area contributed by atoms with Gasteiger partial charge in [0.1, 0.15) is 5.82 Å². The molecule has 0 saturated carbocycles. The van der Waals surface area contributed by atoms with Gasteiger partial charge in [-0.15, -0.1) is 0 Å². The second-order valence-electron chi connectivity index (χ2n) is 5.53. The Morgan fingerprint density at radius 3 is 2.65 bits per heavy atom. The van der Waals surface area contributed by atoms with Crippen LogP contribution in [0.25, 0.3) is 0 Å². The van der Waals surface area contributed by atoms with Gasteiger partial charge in [-0.1, -0.05) is 19.9 Å². The van der Waals surface area contributed by atoms with Crippen molar-refractivity contribution in [1.82, 2.24) is 5.32 Å². The van der Waals surface area contributed by atoms with Crippen LogP contribution in [0.4, 0.5) is 4.39 Å². The summed E-state index contributed by atoms with van der Waals surface area (Å²) in [4.78, 5) is 0. The molecule has 1 rings (SSSR count). The molecule has 0 aliphatic rings. The van der Waals surface area contributed by atoms with E-state index < -0.39 is 0 Å². The number of halogens is 1. The minimum atomic E-state index is -0.220. The van der Waals surface area contributed by atoms with Gasteiger partial charge >= 0.3 is 0 Å². The van der Waals surface area contributed by atoms with Gasteiger partial charge in [0.05, 0.1) is 19.3 Å². The zero-order valence-electron chi connectivity index (χ0n) is 12.9. The van der Waals surface area contributed by atoms with Gasteiger partial charge in [0, 0.05) is 19.2 Å². The van der Waals surface area contributed by atoms with Crippen LogP contribution in [-0.4, -0.2) is 26.4 Å². The van der Waals surface area contributed by atoms with Crippen molar-refractivity contribution in [2.24, 2.45) is 5.92 Å². The number of ether oxygens (including phenoxy) is 2. The molecular formula is C16H26FNO2. The third-order valence-electron chi connectivity index (χ3n) is 2.92.